The first kappa shape index (κ1) is 18.8. The van der Waals surface area contributed by atoms with Crippen molar-refractivity contribution in [2.24, 2.45) is 4.99 Å². The highest BCUT2D eigenvalue weighted by molar-refractivity contribution is 6.08. The summed E-state index contributed by atoms with van der Waals surface area (Å²) >= 11 is 0. The third-order valence-electron chi connectivity index (χ3n) is 4.76. The van der Waals surface area contributed by atoms with Gasteiger partial charge in [0, 0.05) is 32.5 Å². The summed E-state index contributed by atoms with van der Waals surface area (Å²) < 4.78 is 26.4. The summed E-state index contributed by atoms with van der Waals surface area (Å²) in [5.74, 6) is -3.78. The molecule has 136 valence electrons. The van der Waals surface area contributed by atoms with Gasteiger partial charge in [0.1, 0.15) is 11.4 Å². The van der Waals surface area contributed by atoms with Crippen LogP contribution in [0.3, 0.4) is 0 Å². The molecule has 0 aromatic carbocycles. The Bertz CT molecular complexity index is 532. The highest BCUT2D eigenvalue weighted by atomic mass is 19.3. The van der Waals surface area contributed by atoms with Gasteiger partial charge in [0.2, 0.25) is 0 Å². The van der Waals surface area contributed by atoms with Gasteiger partial charge in [0.15, 0.2) is 0 Å². The number of amides is 2. The molecule has 2 rings (SSSR count). The molecule has 2 heterocycles. The van der Waals surface area contributed by atoms with Crippen LogP contribution in [0.2, 0.25) is 0 Å². The van der Waals surface area contributed by atoms with Gasteiger partial charge in [-0.15, -0.1) is 0 Å². The highest BCUT2D eigenvalue weighted by Crippen LogP contribution is 2.36. The number of nitrogens with zero attached hydrogens (tertiary/aromatic N) is 3. The molecule has 0 aliphatic carbocycles. The number of alkyl halides is 2. The van der Waals surface area contributed by atoms with E-state index in [2.05, 4.69) is 6.92 Å². The number of carbonyl (C=O) groups excluding carboxylic acids is 2. The molecule has 0 radical (unpaired) electrons. The maximum atomic E-state index is 13.2. The van der Waals surface area contributed by atoms with Crippen LogP contribution in [-0.4, -0.2) is 58.0 Å². The summed E-state index contributed by atoms with van der Waals surface area (Å²) in [6.07, 6.45) is 3.34. The minimum Gasteiger partial charge on any atom is -0.337 e. The van der Waals surface area contributed by atoms with Crippen molar-refractivity contribution in [2.75, 3.05) is 13.1 Å². The molecule has 0 aromatic rings. The van der Waals surface area contributed by atoms with E-state index in [9.17, 15) is 18.4 Å². The first-order valence-electron chi connectivity index (χ1n) is 8.72. The Hall–Kier alpha value is -1.53. The zero-order valence-corrected chi connectivity index (χ0v) is 14.9. The minimum absolute atomic E-state index is 0.0205. The standard InChI is InChI=1S/C17H27F2N3O2/c1-5-6-7-13-20-17(15(24)22(13)12(2)3)8-10-21(11-9-17)14(23)16(4,18)19/h12H,5-11H2,1-4H3. The lowest BCUT2D eigenvalue weighted by molar-refractivity contribution is -0.157. The monoisotopic (exact) mass is 343 g/mol. The molecule has 5 nitrogen and oxygen atoms in total. The minimum atomic E-state index is -3.37. The molecule has 1 saturated heterocycles. The van der Waals surface area contributed by atoms with Gasteiger partial charge in [0.25, 0.3) is 11.8 Å². The van der Waals surface area contributed by atoms with Gasteiger partial charge in [0.05, 0.1) is 0 Å². The second-order valence-corrected chi connectivity index (χ2v) is 7.11. The molecular weight excluding hydrogens is 316 g/mol. The zero-order chi connectivity index (χ0) is 18.1. The van der Waals surface area contributed by atoms with E-state index < -0.39 is 17.4 Å². The van der Waals surface area contributed by atoms with E-state index in [1.54, 1.807) is 4.90 Å². The number of likely N-dealkylation sites (tertiary alicyclic amines) is 1. The molecule has 0 bridgehead atoms. The lowest BCUT2D eigenvalue weighted by Crippen LogP contribution is -2.54. The van der Waals surface area contributed by atoms with E-state index in [0.29, 0.717) is 19.8 Å². The van der Waals surface area contributed by atoms with E-state index >= 15 is 0 Å². The molecule has 24 heavy (non-hydrogen) atoms. The Balaban J connectivity index is 2.15. The van der Waals surface area contributed by atoms with Gasteiger partial charge in [-0.3, -0.25) is 19.5 Å². The number of hydrogen-bond acceptors (Lipinski definition) is 3. The fourth-order valence-electron chi connectivity index (χ4n) is 3.42. The van der Waals surface area contributed by atoms with Crippen molar-refractivity contribution in [3.63, 3.8) is 0 Å². The molecule has 2 aliphatic heterocycles. The Morgan fingerprint density at radius 1 is 1.33 bits per heavy atom. The van der Waals surface area contributed by atoms with Gasteiger partial charge < -0.3 is 4.90 Å². The van der Waals surface area contributed by atoms with Gasteiger partial charge in [-0.05, 0) is 33.1 Å². The Kier molecular flexibility index (Phi) is 5.30. The normalized spacial score (nSPS) is 21.0. The first-order chi connectivity index (χ1) is 11.1. The van der Waals surface area contributed by atoms with Gasteiger partial charge in [-0.2, -0.15) is 8.78 Å². The Morgan fingerprint density at radius 3 is 2.38 bits per heavy atom. The second kappa shape index (κ2) is 6.76. The maximum Gasteiger partial charge on any atom is 0.322 e. The van der Waals surface area contributed by atoms with Gasteiger partial charge in [-0.1, -0.05) is 13.3 Å². The van der Waals surface area contributed by atoms with Crippen LogP contribution in [0.4, 0.5) is 8.78 Å². The molecule has 0 unspecified atom stereocenters. The molecule has 0 saturated carbocycles. The first-order valence-corrected chi connectivity index (χ1v) is 8.72. The predicted octanol–water partition coefficient (Wildman–Crippen LogP) is 2.84. The number of amidine groups is 1. The van der Waals surface area contributed by atoms with Crippen molar-refractivity contribution >= 4 is 17.6 Å². The van der Waals surface area contributed by atoms with Crippen LogP contribution < -0.4 is 0 Å². The molecular formula is C17H27F2N3O2. The van der Waals surface area contributed by atoms with Crippen molar-refractivity contribution in [3.8, 4) is 0 Å². The van der Waals surface area contributed by atoms with Crippen LogP contribution in [0.25, 0.3) is 0 Å². The Morgan fingerprint density at radius 2 is 1.92 bits per heavy atom. The van der Waals surface area contributed by atoms with Crippen molar-refractivity contribution in [1.82, 2.24) is 9.80 Å². The number of rotatable bonds is 5. The smallest absolute Gasteiger partial charge is 0.322 e. The molecule has 1 spiro atoms. The summed E-state index contributed by atoms with van der Waals surface area (Å²) in [5, 5.41) is 0. The Labute approximate surface area is 142 Å². The third-order valence-corrected chi connectivity index (χ3v) is 4.76. The van der Waals surface area contributed by atoms with Gasteiger partial charge >= 0.3 is 5.92 Å². The molecule has 0 atom stereocenters. The van der Waals surface area contributed by atoms with Gasteiger partial charge in [-0.25, -0.2) is 0 Å². The van der Waals surface area contributed by atoms with Crippen molar-refractivity contribution in [2.45, 2.75) is 77.3 Å². The second-order valence-electron chi connectivity index (χ2n) is 7.11. The number of aliphatic imine (C=N–C) groups is 1. The molecule has 7 heteroatoms. The summed E-state index contributed by atoms with van der Waals surface area (Å²) in [5.41, 5.74) is -0.868. The third kappa shape index (κ3) is 3.44. The number of halogens is 2. The zero-order valence-electron chi connectivity index (χ0n) is 14.9. The van der Waals surface area contributed by atoms with Crippen LogP contribution in [-0.2, 0) is 9.59 Å². The van der Waals surface area contributed by atoms with E-state index in [4.69, 9.17) is 4.99 Å². The summed E-state index contributed by atoms with van der Waals surface area (Å²) in [6, 6.07) is 0.0205. The van der Waals surface area contributed by atoms with E-state index in [0.717, 1.165) is 30.0 Å². The lowest BCUT2D eigenvalue weighted by Gasteiger charge is -2.37. The fraction of sp³-hybridized carbons (Fsp3) is 0.824. The largest absolute Gasteiger partial charge is 0.337 e. The molecule has 0 N–H and O–H groups in total. The molecule has 2 aliphatic rings. The topological polar surface area (TPSA) is 53.0 Å². The maximum absolute atomic E-state index is 13.2. The van der Waals surface area contributed by atoms with Crippen LogP contribution >= 0.6 is 0 Å². The predicted molar refractivity (Wildman–Crippen MR) is 88.1 cm³/mol. The molecule has 1 fully saturated rings. The van der Waals surface area contributed by atoms with Crippen LogP contribution in [0.1, 0.15) is 59.8 Å². The SMILES string of the molecule is CCCCC1=NC2(CCN(C(=O)C(C)(F)F)CC2)C(=O)N1C(C)C. The van der Waals surface area contributed by atoms with E-state index in [1.165, 1.54) is 0 Å². The van der Waals surface area contributed by atoms with E-state index in [1.807, 2.05) is 13.8 Å². The summed E-state index contributed by atoms with van der Waals surface area (Å²) in [6.45, 7) is 6.89. The highest BCUT2D eigenvalue weighted by Gasteiger charge is 2.51. The van der Waals surface area contributed by atoms with Crippen molar-refractivity contribution in [3.05, 3.63) is 0 Å². The average Bonchev–Trinajstić information content (AvgIpc) is 2.77. The van der Waals surface area contributed by atoms with Crippen LogP contribution in [0, 0.1) is 0 Å². The van der Waals surface area contributed by atoms with Crippen molar-refractivity contribution in [1.29, 1.82) is 0 Å². The lowest BCUT2D eigenvalue weighted by atomic mass is 9.87. The van der Waals surface area contributed by atoms with Crippen LogP contribution in [0.15, 0.2) is 4.99 Å². The van der Waals surface area contributed by atoms with E-state index in [-0.39, 0.29) is 25.0 Å². The quantitative estimate of drug-likeness (QED) is 0.771. The fourth-order valence-corrected chi connectivity index (χ4v) is 3.42. The summed E-state index contributed by atoms with van der Waals surface area (Å²) in [4.78, 5) is 32.3. The molecule has 0 aromatic heterocycles. The van der Waals surface area contributed by atoms with Crippen molar-refractivity contribution < 1.29 is 18.4 Å². The number of carbonyl (C=O) groups is 2. The number of unbranched alkanes of at least 4 members (excludes halogenated alkanes) is 1. The van der Waals surface area contributed by atoms with Crippen LogP contribution in [0.5, 0.6) is 0 Å². The average molecular weight is 343 g/mol. The summed E-state index contributed by atoms with van der Waals surface area (Å²) in [7, 11) is 0. The molecule has 2 amide bonds. The number of piperidine rings is 1. The number of hydrogen-bond donors (Lipinski definition) is 0.